The van der Waals surface area contributed by atoms with Crippen LogP contribution in [0.5, 0.6) is 0 Å². The quantitative estimate of drug-likeness (QED) is 0.375. The third kappa shape index (κ3) is 3.95. The van der Waals surface area contributed by atoms with Crippen LogP contribution >= 0.6 is 0 Å². The number of ether oxygens (including phenoxy) is 1. The summed E-state index contributed by atoms with van der Waals surface area (Å²) >= 11 is 0. The highest BCUT2D eigenvalue weighted by Crippen LogP contribution is 2.67. The standard InChI is InChI=1S/C29H50O.2H2/c1-7-30-23-15-17-28(5)22(19-23)11-12-24-26-14-13-25(21(4)10-8-9-20(2)3)29(26,6)18-16-27(24)28;;/h11,20-21,23-27H,7-10,12-19H2,1-6H3;2*1H/t21-,23+,24+,25-,26?,27?,28+,29-;;/m0../s1. The van der Waals surface area contributed by atoms with E-state index in [0.717, 1.165) is 42.1 Å². The Hall–Kier alpha value is -0.300. The van der Waals surface area contributed by atoms with Crippen molar-refractivity contribution in [2.75, 3.05) is 6.61 Å². The topological polar surface area (TPSA) is 9.23 Å². The van der Waals surface area contributed by atoms with Gasteiger partial charge in [-0.3, -0.25) is 0 Å². The number of rotatable bonds is 7. The molecule has 0 spiro atoms. The maximum Gasteiger partial charge on any atom is 0.0612 e. The highest BCUT2D eigenvalue weighted by molar-refractivity contribution is 5.25. The maximum atomic E-state index is 6.04. The third-order valence-electron chi connectivity index (χ3n) is 10.7. The molecule has 2 unspecified atom stereocenters. The summed E-state index contributed by atoms with van der Waals surface area (Å²) in [6, 6.07) is 0. The lowest BCUT2D eigenvalue weighted by Crippen LogP contribution is -2.51. The molecule has 4 aliphatic carbocycles. The summed E-state index contributed by atoms with van der Waals surface area (Å²) in [5.41, 5.74) is 2.86. The molecule has 30 heavy (non-hydrogen) atoms. The van der Waals surface area contributed by atoms with Gasteiger partial charge in [-0.25, -0.2) is 0 Å². The minimum absolute atomic E-state index is 0. The van der Waals surface area contributed by atoms with Gasteiger partial charge in [-0.05, 0) is 105 Å². The van der Waals surface area contributed by atoms with Gasteiger partial charge in [0, 0.05) is 9.46 Å². The molecule has 0 aromatic rings. The van der Waals surface area contributed by atoms with E-state index >= 15 is 0 Å². The van der Waals surface area contributed by atoms with Crippen LogP contribution in [0.1, 0.15) is 115 Å². The van der Waals surface area contributed by atoms with E-state index in [1.165, 1.54) is 70.6 Å². The molecule has 3 saturated carbocycles. The van der Waals surface area contributed by atoms with E-state index < -0.39 is 0 Å². The summed E-state index contributed by atoms with van der Waals surface area (Å²) in [7, 11) is 0. The van der Waals surface area contributed by atoms with Gasteiger partial charge in [0.05, 0.1) is 6.10 Å². The van der Waals surface area contributed by atoms with Crippen LogP contribution in [0.15, 0.2) is 11.6 Å². The van der Waals surface area contributed by atoms with Crippen LogP contribution in [0.3, 0.4) is 0 Å². The van der Waals surface area contributed by atoms with Crippen molar-refractivity contribution in [1.29, 1.82) is 0 Å². The van der Waals surface area contributed by atoms with Gasteiger partial charge in [0.15, 0.2) is 0 Å². The van der Waals surface area contributed by atoms with Gasteiger partial charge in [0.25, 0.3) is 0 Å². The fourth-order valence-corrected chi connectivity index (χ4v) is 9.03. The van der Waals surface area contributed by atoms with E-state index in [1.54, 1.807) is 5.57 Å². The van der Waals surface area contributed by atoms with Crippen LogP contribution in [-0.2, 0) is 4.74 Å². The van der Waals surface area contributed by atoms with E-state index in [9.17, 15) is 0 Å². The number of allylic oxidation sites excluding steroid dienone is 1. The fourth-order valence-electron chi connectivity index (χ4n) is 9.03. The van der Waals surface area contributed by atoms with Gasteiger partial charge in [-0.1, -0.05) is 65.5 Å². The molecule has 1 heteroatoms. The van der Waals surface area contributed by atoms with Gasteiger partial charge >= 0.3 is 0 Å². The van der Waals surface area contributed by atoms with Crippen LogP contribution in [0.25, 0.3) is 0 Å². The summed E-state index contributed by atoms with van der Waals surface area (Å²) < 4.78 is 6.04. The molecule has 3 fully saturated rings. The van der Waals surface area contributed by atoms with Crippen LogP contribution in [0.4, 0.5) is 0 Å². The Labute approximate surface area is 190 Å². The van der Waals surface area contributed by atoms with E-state index in [2.05, 4.69) is 47.6 Å². The van der Waals surface area contributed by atoms with Gasteiger partial charge in [0.1, 0.15) is 0 Å². The number of hydrogen-bond donors (Lipinski definition) is 0. The van der Waals surface area contributed by atoms with Gasteiger partial charge in [-0.2, -0.15) is 0 Å². The Kier molecular flexibility index (Phi) is 6.80. The first-order valence-electron chi connectivity index (χ1n) is 13.6. The van der Waals surface area contributed by atoms with Crippen molar-refractivity contribution in [2.45, 2.75) is 118 Å². The van der Waals surface area contributed by atoms with Crippen molar-refractivity contribution in [1.82, 2.24) is 0 Å². The summed E-state index contributed by atoms with van der Waals surface area (Å²) in [6.45, 7) is 15.7. The van der Waals surface area contributed by atoms with Crippen molar-refractivity contribution >= 4 is 0 Å². The number of hydrogen-bond acceptors (Lipinski definition) is 1. The Morgan fingerprint density at radius 3 is 2.57 bits per heavy atom. The van der Waals surface area contributed by atoms with Crippen LogP contribution in [0.2, 0.25) is 0 Å². The lowest BCUT2D eigenvalue weighted by atomic mass is 9.47. The van der Waals surface area contributed by atoms with E-state index in [1.807, 2.05) is 0 Å². The molecule has 0 aliphatic heterocycles. The molecule has 0 radical (unpaired) electrons. The first kappa shape index (κ1) is 22.9. The summed E-state index contributed by atoms with van der Waals surface area (Å²) in [6.07, 6.45) is 18.7. The fraction of sp³-hybridized carbons (Fsp3) is 0.931. The monoisotopic (exact) mass is 418 g/mol. The van der Waals surface area contributed by atoms with Crippen molar-refractivity contribution in [3.63, 3.8) is 0 Å². The number of fused-ring (bicyclic) bond motifs is 5. The molecule has 0 amide bonds. The van der Waals surface area contributed by atoms with Crippen LogP contribution in [-0.4, -0.2) is 12.7 Å². The average molecular weight is 419 g/mol. The predicted octanol–water partition coefficient (Wildman–Crippen LogP) is 8.92. The van der Waals surface area contributed by atoms with Crippen LogP contribution in [0, 0.1) is 46.3 Å². The highest BCUT2D eigenvalue weighted by atomic mass is 16.5. The molecule has 0 aromatic carbocycles. The molecule has 176 valence electrons. The largest absolute Gasteiger partial charge is 0.378 e. The Morgan fingerprint density at radius 1 is 1.03 bits per heavy atom. The molecular weight excluding hydrogens is 364 g/mol. The normalized spacial score (nSPS) is 44.2. The summed E-state index contributed by atoms with van der Waals surface area (Å²) in [5, 5.41) is 0. The first-order chi connectivity index (χ1) is 14.3. The van der Waals surface area contributed by atoms with Gasteiger partial charge in [0.2, 0.25) is 0 Å². The molecule has 8 atom stereocenters. The zero-order chi connectivity index (χ0) is 21.5. The lowest BCUT2D eigenvalue weighted by Gasteiger charge is -2.58. The summed E-state index contributed by atoms with van der Waals surface area (Å²) in [5.74, 6) is 5.63. The van der Waals surface area contributed by atoms with E-state index in [4.69, 9.17) is 4.74 Å². The molecule has 4 aliphatic rings. The molecule has 4 rings (SSSR count). The van der Waals surface area contributed by atoms with Gasteiger partial charge in [-0.15, -0.1) is 0 Å². The predicted molar refractivity (Wildman–Crippen MR) is 133 cm³/mol. The van der Waals surface area contributed by atoms with Crippen molar-refractivity contribution in [3.8, 4) is 0 Å². The van der Waals surface area contributed by atoms with Crippen LogP contribution < -0.4 is 0 Å². The van der Waals surface area contributed by atoms with Crippen molar-refractivity contribution < 1.29 is 7.59 Å². The highest BCUT2D eigenvalue weighted by Gasteiger charge is 2.59. The summed E-state index contributed by atoms with van der Waals surface area (Å²) in [4.78, 5) is 0. The molecule has 0 N–H and O–H groups in total. The SMILES string of the molecule is CCO[C@@H]1CC[C@]2(C)C(=CC[C@H]3C2CC[C@]2(C)C3CC[C@H]2[C@@H](C)CCCC(C)C)C1.[HH].[HH]. The minimum atomic E-state index is 0. The maximum absolute atomic E-state index is 6.04. The lowest BCUT2D eigenvalue weighted by molar-refractivity contribution is -0.0630. The second-order valence-electron chi connectivity index (χ2n) is 12.6. The second kappa shape index (κ2) is 8.92. The Bertz CT molecular complexity index is 631. The molecule has 0 bridgehead atoms. The molecular formula is C29H54O. The molecule has 1 nitrogen and oxygen atoms in total. The van der Waals surface area contributed by atoms with Crippen molar-refractivity contribution in [2.24, 2.45) is 46.3 Å². The molecule has 0 saturated heterocycles. The van der Waals surface area contributed by atoms with E-state index in [-0.39, 0.29) is 2.85 Å². The molecule has 0 aromatic heterocycles. The smallest absolute Gasteiger partial charge is 0.0612 e. The average Bonchev–Trinajstić information content (AvgIpc) is 3.05. The van der Waals surface area contributed by atoms with E-state index in [0.29, 0.717) is 16.9 Å². The Morgan fingerprint density at radius 2 is 1.83 bits per heavy atom. The zero-order valence-electron chi connectivity index (χ0n) is 21.0. The van der Waals surface area contributed by atoms with Crippen molar-refractivity contribution in [3.05, 3.63) is 11.6 Å². The zero-order valence-corrected chi connectivity index (χ0v) is 21.0. The second-order valence-corrected chi connectivity index (χ2v) is 12.6. The molecule has 0 heterocycles. The third-order valence-corrected chi connectivity index (χ3v) is 10.7. The first-order valence-corrected chi connectivity index (χ1v) is 13.6. The van der Waals surface area contributed by atoms with Gasteiger partial charge < -0.3 is 4.74 Å². The minimum Gasteiger partial charge on any atom is -0.378 e. The Balaban J connectivity index is 0.00000181.